The Labute approximate surface area is 127 Å². The van der Waals surface area contributed by atoms with Crippen molar-refractivity contribution in [3.8, 4) is 11.3 Å². The molecule has 1 N–H and O–H groups in total. The van der Waals surface area contributed by atoms with E-state index in [4.69, 9.17) is 4.42 Å². The van der Waals surface area contributed by atoms with Gasteiger partial charge in [-0.25, -0.2) is 0 Å². The highest BCUT2D eigenvalue weighted by molar-refractivity contribution is 6.53. The van der Waals surface area contributed by atoms with Gasteiger partial charge in [0.2, 0.25) is 11.6 Å². The number of carbonyl (C=O) groups excluding carboxylic acids is 2. The van der Waals surface area contributed by atoms with Gasteiger partial charge in [-0.05, 0) is 48.1 Å². The van der Waals surface area contributed by atoms with E-state index in [9.17, 15) is 14.7 Å². The van der Waals surface area contributed by atoms with E-state index in [1.54, 1.807) is 13.0 Å². The van der Waals surface area contributed by atoms with Gasteiger partial charge in [-0.2, -0.15) is 0 Å². The van der Waals surface area contributed by atoms with Crippen LogP contribution in [0.15, 0.2) is 29.4 Å². The molecule has 4 nitrogen and oxygen atoms in total. The summed E-state index contributed by atoms with van der Waals surface area (Å²) in [5.41, 5.74) is 4.29. The second-order valence-electron chi connectivity index (χ2n) is 5.88. The van der Waals surface area contributed by atoms with Crippen LogP contribution in [0.3, 0.4) is 0 Å². The quantitative estimate of drug-likeness (QED) is 0.759. The molecule has 0 radical (unpaired) electrons. The van der Waals surface area contributed by atoms with Crippen LogP contribution in [0, 0.1) is 6.92 Å². The summed E-state index contributed by atoms with van der Waals surface area (Å²) in [6.45, 7) is 5.67. The number of hydrogen-bond donors (Lipinski definition) is 1. The minimum absolute atomic E-state index is 0.368. The molecular weight excluding hydrogens is 280 g/mol. The van der Waals surface area contributed by atoms with Crippen LogP contribution in [0.25, 0.3) is 16.9 Å². The Morgan fingerprint density at radius 2 is 1.86 bits per heavy atom. The van der Waals surface area contributed by atoms with E-state index >= 15 is 0 Å². The smallest absolute Gasteiger partial charge is 0.237 e. The molecule has 2 aliphatic rings. The molecule has 1 atom stereocenters. The zero-order chi connectivity index (χ0) is 15.6. The fourth-order valence-electron chi connectivity index (χ4n) is 3.44. The van der Waals surface area contributed by atoms with Crippen molar-refractivity contribution in [3.05, 3.63) is 52.8 Å². The maximum absolute atomic E-state index is 12.6. The average Bonchev–Trinajstić information content (AvgIpc) is 2.90. The predicted octanol–water partition coefficient (Wildman–Crippen LogP) is 2.95. The van der Waals surface area contributed by atoms with Gasteiger partial charge in [0.1, 0.15) is 5.76 Å². The average molecular weight is 294 g/mol. The van der Waals surface area contributed by atoms with Gasteiger partial charge in [0.25, 0.3) is 0 Å². The van der Waals surface area contributed by atoms with Crippen LogP contribution in [0.1, 0.15) is 43.8 Å². The van der Waals surface area contributed by atoms with Gasteiger partial charge in [-0.1, -0.05) is 12.6 Å². The molecule has 0 saturated carbocycles. The summed E-state index contributed by atoms with van der Waals surface area (Å²) in [7, 11) is 0. The van der Waals surface area contributed by atoms with Gasteiger partial charge in [-0.15, -0.1) is 0 Å². The van der Waals surface area contributed by atoms with E-state index in [1.165, 1.54) is 6.26 Å². The van der Waals surface area contributed by atoms with Crippen LogP contribution < -0.4 is 0 Å². The molecule has 0 aliphatic heterocycles. The van der Waals surface area contributed by atoms with Crippen LogP contribution in [0.2, 0.25) is 0 Å². The summed E-state index contributed by atoms with van der Waals surface area (Å²) >= 11 is 0. The Bertz CT molecular complexity index is 869. The first-order chi connectivity index (χ1) is 10.5. The van der Waals surface area contributed by atoms with E-state index in [2.05, 4.69) is 6.58 Å². The summed E-state index contributed by atoms with van der Waals surface area (Å²) in [5.74, 6) is -0.538. The first-order valence-corrected chi connectivity index (χ1v) is 7.21. The molecule has 4 rings (SSSR count). The largest absolute Gasteiger partial charge is 0.463 e. The van der Waals surface area contributed by atoms with E-state index in [1.807, 2.05) is 6.07 Å². The first kappa shape index (κ1) is 13.2. The number of fused-ring (bicyclic) bond motifs is 5. The number of Topliss-reactive ketones (excluding diaryl/α,β-unsaturated/α-hetero) is 2. The van der Waals surface area contributed by atoms with Crippen molar-refractivity contribution < 1.29 is 19.1 Å². The van der Waals surface area contributed by atoms with Crippen LogP contribution in [-0.4, -0.2) is 22.8 Å². The number of hydrogen-bond acceptors (Lipinski definition) is 4. The van der Waals surface area contributed by atoms with Crippen molar-refractivity contribution in [2.24, 2.45) is 0 Å². The molecule has 0 bridgehead atoms. The number of aliphatic hydroxyl groups excluding tert-OH is 1. The molecule has 2 aliphatic carbocycles. The molecule has 1 aromatic carbocycles. The summed E-state index contributed by atoms with van der Waals surface area (Å²) in [5, 5.41) is 9.94. The fraction of sp³-hybridized carbons (Fsp3) is 0.222. The molecule has 0 amide bonds. The Hall–Kier alpha value is -2.46. The Morgan fingerprint density at radius 3 is 2.64 bits per heavy atom. The van der Waals surface area contributed by atoms with Gasteiger partial charge in [0.15, 0.2) is 0 Å². The molecular formula is C18H14O4. The van der Waals surface area contributed by atoms with Gasteiger partial charge < -0.3 is 9.52 Å². The number of aliphatic hydroxyl groups is 1. The van der Waals surface area contributed by atoms with Crippen LogP contribution in [0.5, 0.6) is 0 Å². The zero-order valence-electron chi connectivity index (χ0n) is 12.1. The predicted molar refractivity (Wildman–Crippen MR) is 80.9 cm³/mol. The van der Waals surface area contributed by atoms with E-state index in [-0.39, 0.29) is 0 Å². The lowest BCUT2D eigenvalue weighted by Gasteiger charge is -2.27. The van der Waals surface area contributed by atoms with Crippen LogP contribution in [-0.2, 0) is 6.42 Å². The van der Waals surface area contributed by atoms with Gasteiger partial charge >= 0.3 is 0 Å². The van der Waals surface area contributed by atoms with Crippen LogP contribution in [0.4, 0.5) is 0 Å². The van der Waals surface area contributed by atoms with Crippen molar-refractivity contribution in [2.45, 2.75) is 25.9 Å². The molecule has 1 unspecified atom stereocenters. The molecule has 1 heterocycles. The second kappa shape index (κ2) is 4.27. The Balaban J connectivity index is 2.05. The number of benzene rings is 1. The maximum atomic E-state index is 12.6. The van der Waals surface area contributed by atoms with Crippen LogP contribution >= 0.6 is 0 Å². The molecule has 0 spiro atoms. The second-order valence-corrected chi connectivity index (χ2v) is 5.88. The lowest BCUT2D eigenvalue weighted by molar-refractivity contribution is 0.0813. The third kappa shape index (κ3) is 1.50. The highest BCUT2D eigenvalue weighted by atomic mass is 16.3. The van der Waals surface area contributed by atoms with Crippen molar-refractivity contribution in [3.63, 3.8) is 0 Å². The van der Waals surface area contributed by atoms with Gasteiger partial charge in [0, 0.05) is 11.1 Å². The molecule has 2 aromatic rings. The minimum atomic E-state index is -0.596. The number of ketones is 2. The zero-order valence-corrected chi connectivity index (χ0v) is 12.1. The Morgan fingerprint density at radius 1 is 1.18 bits per heavy atom. The summed E-state index contributed by atoms with van der Waals surface area (Å²) in [6.07, 6.45) is 1.97. The lowest BCUT2D eigenvalue weighted by Crippen LogP contribution is -2.26. The lowest BCUT2D eigenvalue weighted by atomic mass is 9.77. The molecule has 110 valence electrons. The summed E-state index contributed by atoms with van der Waals surface area (Å²) in [6, 6.07) is 3.63. The van der Waals surface area contributed by atoms with Crippen molar-refractivity contribution in [2.75, 3.05) is 0 Å². The third-order valence-corrected chi connectivity index (χ3v) is 4.61. The molecule has 4 heteroatoms. The van der Waals surface area contributed by atoms with E-state index in [0.717, 1.165) is 11.1 Å². The molecule has 22 heavy (non-hydrogen) atoms. The highest BCUT2D eigenvalue weighted by Crippen LogP contribution is 2.42. The highest BCUT2D eigenvalue weighted by Gasteiger charge is 2.38. The van der Waals surface area contributed by atoms with Crippen molar-refractivity contribution >= 4 is 17.1 Å². The minimum Gasteiger partial charge on any atom is -0.463 e. The SMILES string of the molecule is C=C1c2ccc3c(c2CCC1O)C(=O)C(=O)c1c(C)coc1-3. The molecule has 0 saturated heterocycles. The van der Waals surface area contributed by atoms with Crippen molar-refractivity contribution in [1.29, 1.82) is 0 Å². The van der Waals surface area contributed by atoms with Gasteiger partial charge in [0.05, 0.1) is 17.9 Å². The molecule has 0 fully saturated rings. The number of carbonyl (C=O) groups is 2. The Kier molecular flexibility index (Phi) is 2.57. The third-order valence-electron chi connectivity index (χ3n) is 4.61. The van der Waals surface area contributed by atoms with Gasteiger partial charge in [-0.3, -0.25) is 9.59 Å². The standard InChI is InChI=1S/C18H14O4/c1-8-7-22-18-12-4-3-10-9(2)13(19)6-5-11(10)15(12)17(21)16(20)14(8)18/h3-4,7,13,19H,2,5-6H2,1H3. The summed E-state index contributed by atoms with van der Waals surface area (Å²) < 4.78 is 5.53. The first-order valence-electron chi connectivity index (χ1n) is 7.21. The monoisotopic (exact) mass is 294 g/mol. The molecule has 1 aromatic heterocycles. The maximum Gasteiger partial charge on any atom is 0.237 e. The van der Waals surface area contributed by atoms with E-state index < -0.39 is 17.7 Å². The summed E-state index contributed by atoms with van der Waals surface area (Å²) in [4.78, 5) is 25.0. The number of furan rings is 1. The number of aryl methyl sites for hydroxylation is 1. The fourth-order valence-corrected chi connectivity index (χ4v) is 3.44. The van der Waals surface area contributed by atoms with Crippen molar-refractivity contribution in [1.82, 2.24) is 0 Å². The number of rotatable bonds is 0. The normalized spacial score (nSPS) is 19.7. The van der Waals surface area contributed by atoms with E-state index in [0.29, 0.717) is 46.4 Å². The topological polar surface area (TPSA) is 67.5 Å².